The Morgan fingerprint density at radius 3 is 2.67 bits per heavy atom. The second kappa shape index (κ2) is 7.48. The van der Waals surface area contributed by atoms with E-state index in [1.165, 1.54) is 11.1 Å². The second-order valence-corrected chi connectivity index (χ2v) is 4.95. The summed E-state index contributed by atoms with van der Waals surface area (Å²) in [6.45, 7) is 2.75. The van der Waals surface area contributed by atoms with Crippen molar-refractivity contribution in [2.24, 2.45) is 10.7 Å². The standard InChI is InChI=1S/C13H16N2OS.BrH/c1-10-2-4-12(5-3-10)16-7-6-11-8-15-13(14)17-9-11;/h2-5,8H,6-7,9H2,1H3,(H2,14,15);1H. The van der Waals surface area contributed by atoms with Gasteiger partial charge in [0.1, 0.15) is 5.75 Å². The fourth-order valence-corrected chi connectivity index (χ4v) is 2.15. The monoisotopic (exact) mass is 328 g/mol. The molecule has 1 aromatic carbocycles. The lowest BCUT2D eigenvalue weighted by Crippen LogP contribution is -2.11. The Labute approximate surface area is 122 Å². The molecule has 1 aliphatic rings. The van der Waals surface area contributed by atoms with Crippen molar-refractivity contribution in [3.05, 3.63) is 41.6 Å². The van der Waals surface area contributed by atoms with Crippen LogP contribution in [0.5, 0.6) is 5.75 Å². The Hall–Kier alpha value is -0.940. The summed E-state index contributed by atoms with van der Waals surface area (Å²) < 4.78 is 5.66. The second-order valence-electron chi connectivity index (χ2n) is 3.95. The van der Waals surface area contributed by atoms with E-state index in [0.29, 0.717) is 11.8 Å². The van der Waals surface area contributed by atoms with Crippen molar-refractivity contribution in [1.82, 2.24) is 0 Å². The zero-order valence-corrected chi connectivity index (χ0v) is 12.8. The Morgan fingerprint density at radius 2 is 2.06 bits per heavy atom. The van der Waals surface area contributed by atoms with Crippen molar-refractivity contribution < 1.29 is 4.74 Å². The van der Waals surface area contributed by atoms with Crippen LogP contribution in [0.3, 0.4) is 0 Å². The van der Waals surface area contributed by atoms with E-state index in [1.54, 1.807) is 11.8 Å². The third kappa shape index (κ3) is 4.74. The maximum absolute atomic E-state index is 5.66. The molecule has 1 aromatic rings. The zero-order valence-electron chi connectivity index (χ0n) is 10.3. The third-order valence-corrected chi connectivity index (χ3v) is 3.41. The molecule has 2 rings (SSSR count). The summed E-state index contributed by atoms with van der Waals surface area (Å²) in [6.07, 6.45) is 2.75. The average molecular weight is 329 g/mol. The van der Waals surface area contributed by atoms with Crippen molar-refractivity contribution in [2.45, 2.75) is 13.3 Å². The summed E-state index contributed by atoms with van der Waals surface area (Å²) >= 11 is 1.58. The first-order valence-electron chi connectivity index (χ1n) is 5.57. The topological polar surface area (TPSA) is 47.6 Å². The number of nitrogens with zero attached hydrogens (tertiary/aromatic N) is 1. The lowest BCUT2D eigenvalue weighted by atomic mass is 10.2. The highest BCUT2D eigenvalue weighted by Crippen LogP contribution is 2.18. The highest BCUT2D eigenvalue weighted by atomic mass is 79.9. The fraction of sp³-hybridized carbons (Fsp3) is 0.308. The first kappa shape index (κ1) is 15.1. The molecule has 0 saturated heterocycles. The van der Waals surface area contributed by atoms with Crippen LogP contribution in [0.1, 0.15) is 12.0 Å². The molecule has 0 saturated carbocycles. The van der Waals surface area contributed by atoms with Gasteiger partial charge in [0.05, 0.1) is 6.61 Å². The first-order chi connectivity index (χ1) is 8.24. The predicted molar refractivity (Wildman–Crippen MR) is 83.8 cm³/mol. The first-order valence-corrected chi connectivity index (χ1v) is 6.56. The van der Waals surface area contributed by atoms with Gasteiger partial charge in [0.2, 0.25) is 0 Å². The molecule has 98 valence electrons. The Balaban J connectivity index is 0.00000162. The number of aryl methyl sites for hydroxylation is 1. The van der Waals surface area contributed by atoms with Gasteiger partial charge in [0.25, 0.3) is 0 Å². The van der Waals surface area contributed by atoms with Crippen LogP contribution >= 0.6 is 28.7 Å². The van der Waals surface area contributed by atoms with Crippen molar-refractivity contribution in [2.75, 3.05) is 12.4 Å². The molecule has 0 atom stereocenters. The van der Waals surface area contributed by atoms with Gasteiger partial charge >= 0.3 is 0 Å². The molecule has 18 heavy (non-hydrogen) atoms. The Morgan fingerprint density at radius 1 is 1.33 bits per heavy atom. The van der Waals surface area contributed by atoms with Gasteiger partial charge in [0, 0.05) is 18.4 Å². The number of benzene rings is 1. The summed E-state index contributed by atoms with van der Waals surface area (Å²) in [5, 5.41) is 0.646. The molecule has 1 aliphatic heterocycles. The predicted octanol–water partition coefficient (Wildman–Crippen LogP) is 3.29. The molecule has 0 spiro atoms. The highest BCUT2D eigenvalue weighted by Gasteiger charge is 2.05. The van der Waals surface area contributed by atoms with Crippen molar-refractivity contribution >= 4 is 33.9 Å². The maximum atomic E-state index is 5.66. The lowest BCUT2D eigenvalue weighted by Gasteiger charge is -2.11. The molecule has 5 heteroatoms. The normalized spacial score (nSPS) is 14.3. The smallest absolute Gasteiger partial charge is 0.158 e. The third-order valence-electron chi connectivity index (χ3n) is 2.49. The van der Waals surface area contributed by atoms with Crippen LogP contribution < -0.4 is 10.5 Å². The SMILES string of the molecule is Br.Cc1ccc(OCCC2=CN=C(N)SC2)cc1. The molecule has 0 radical (unpaired) electrons. The van der Waals surface area contributed by atoms with Gasteiger partial charge in [-0.25, -0.2) is 4.99 Å². The summed E-state index contributed by atoms with van der Waals surface area (Å²) in [5.41, 5.74) is 8.09. The number of amidine groups is 1. The summed E-state index contributed by atoms with van der Waals surface area (Å²) in [5.74, 6) is 1.84. The summed E-state index contributed by atoms with van der Waals surface area (Å²) in [7, 11) is 0. The minimum Gasteiger partial charge on any atom is -0.493 e. The van der Waals surface area contributed by atoms with E-state index >= 15 is 0 Å². The van der Waals surface area contributed by atoms with Crippen LogP contribution in [0.25, 0.3) is 0 Å². The molecule has 0 aromatic heterocycles. The zero-order chi connectivity index (χ0) is 12.1. The molecular weight excluding hydrogens is 312 g/mol. The fourth-order valence-electron chi connectivity index (χ4n) is 1.47. The molecule has 0 fully saturated rings. The molecular formula is C13H17BrN2OS. The van der Waals surface area contributed by atoms with Crippen molar-refractivity contribution in [1.29, 1.82) is 0 Å². The van der Waals surface area contributed by atoms with Crippen molar-refractivity contribution in [3.63, 3.8) is 0 Å². The van der Waals surface area contributed by atoms with E-state index in [0.717, 1.165) is 17.9 Å². The quantitative estimate of drug-likeness (QED) is 0.922. The van der Waals surface area contributed by atoms with E-state index in [2.05, 4.69) is 24.0 Å². The number of rotatable bonds is 4. The van der Waals surface area contributed by atoms with Gasteiger partial charge in [-0.05, 0) is 24.6 Å². The number of aliphatic imine (C=N–C) groups is 1. The largest absolute Gasteiger partial charge is 0.493 e. The summed E-state index contributed by atoms with van der Waals surface area (Å²) in [4.78, 5) is 4.09. The van der Waals surface area contributed by atoms with Gasteiger partial charge in [-0.15, -0.1) is 17.0 Å². The van der Waals surface area contributed by atoms with Crippen LogP contribution in [0, 0.1) is 6.92 Å². The van der Waals surface area contributed by atoms with Crippen LogP contribution in [0.2, 0.25) is 0 Å². The van der Waals surface area contributed by atoms with Crippen LogP contribution in [0.15, 0.2) is 41.0 Å². The molecule has 2 N–H and O–H groups in total. The molecule has 0 unspecified atom stereocenters. The number of ether oxygens (including phenoxy) is 1. The van der Waals surface area contributed by atoms with Crippen LogP contribution in [-0.2, 0) is 0 Å². The number of hydrogen-bond donors (Lipinski definition) is 1. The van der Waals surface area contributed by atoms with Gasteiger partial charge in [-0.3, -0.25) is 0 Å². The van der Waals surface area contributed by atoms with E-state index in [4.69, 9.17) is 10.5 Å². The van der Waals surface area contributed by atoms with E-state index in [-0.39, 0.29) is 17.0 Å². The van der Waals surface area contributed by atoms with Crippen LogP contribution in [-0.4, -0.2) is 17.5 Å². The van der Waals surface area contributed by atoms with Crippen LogP contribution in [0.4, 0.5) is 0 Å². The lowest BCUT2D eigenvalue weighted by molar-refractivity contribution is 0.321. The molecule has 1 heterocycles. The molecule has 0 amide bonds. The van der Waals surface area contributed by atoms with Gasteiger partial charge in [0.15, 0.2) is 5.17 Å². The van der Waals surface area contributed by atoms with Gasteiger partial charge in [-0.1, -0.05) is 29.5 Å². The molecule has 3 nitrogen and oxygen atoms in total. The Kier molecular flexibility index (Phi) is 6.29. The van der Waals surface area contributed by atoms with Gasteiger partial charge in [-0.2, -0.15) is 0 Å². The number of nitrogens with two attached hydrogens (primary N) is 1. The Bertz CT molecular complexity index is 443. The minimum atomic E-state index is 0. The molecule has 0 aliphatic carbocycles. The number of hydrogen-bond acceptors (Lipinski definition) is 4. The molecule has 0 bridgehead atoms. The van der Waals surface area contributed by atoms with E-state index in [1.807, 2.05) is 18.3 Å². The highest BCUT2D eigenvalue weighted by molar-refractivity contribution is 8.93. The maximum Gasteiger partial charge on any atom is 0.158 e. The number of thioether (sulfide) groups is 1. The minimum absolute atomic E-state index is 0. The summed E-state index contributed by atoms with van der Waals surface area (Å²) in [6, 6.07) is 8.09. The van der Waals surface area contributed by atoms with E-state index in [9.17, 15) is 0 Å². The van der Waals surface area contributed by atoms with E-state index < -0.39 is 0 Å². The van der Waals surface area contributed by atoms with Crippen molar-refractivity contribution in [3.8, 4) is 5.75 Å². The van der Waals surface area contributed by atoms with Gasteiger partial charge < -0.3 is 10.5 Å². The number of halogens is 1. The average Bonchev–Trinajstić information content (AvgIpc) is 2.34.